The topological polar surface area (TPSA) is 101 Å². The van der Waals surface area contributed by atoms with Crippen LogP contribution >= 0.6 is 0 Å². The highest BCUT2D eigenvalue weighted by Crippen LogP contribution is 2.35. The summed E-state index contributed by atoms with van der Waals surface area (Å²) in [4.78, 5) is 23.9. The van der Waals surface area contributed by atoms with Crippen LogP contribution in [0.4, 0.5) is 23.3 Å². The Hall–Kier alpha value is -2.12. The van der Waals surface area contributed by atoms with E-state index in [-0.39, 0.29) is 11.5 Å². The van der Waals surface area contributed by atoms with Gasteiger partial charge in [0.1, 0.15) is 0 Å². The maximum atomic E-state index is 11.5. The van der Waals surface area contributed by atoms with Crippen LogP contribution in [0.25, 0.3) is 0 Å². The van der Waals surface area contributed by atoms with Crippen molar-refractivity contribution in [3.63, 3.8) is 0 Å². The van der Waals surface area contributed by atoms with Gasteiger partial charge in [-0.15, -0.1) is 0 Å². The molecule has 132 valence electrons. The zero-order valence-corrected chi connectivity index (χ0v) is 14.4. The Morgan fingerprint density at radius 3 is 2.00 bits per heavy atom. The van der Waals surface area contributed by atoms with Gasteiger partial charge in [0.05, 0.1) is 4.92 Å². The van der Waals surface area contributed by atoms with Gasteiger partial charge in [-0.25, -0.2) is 0 Å². The van der Waals surface area contributed by atoms with Crippen LogP contribution in [0.2, 0.25) is 0 Å². The summed E-state index contributed by atoms with van der Waals surface area (Å²) in [6.07, 6.45) is 4.18. The summed E-state index contributed by atoms with van der Waals surface area (Å²) >= 11 is 0. The Labute approximate surface area is 142 Å². The maximum absolute atomic E-state index is 11.5. The fourth-order valence-electron chi connectivity index (χ4n) is 3.41. The van der Waals surface area contributed by atoms with Crippen LogP contribution in [0, 0.1) is 22.0 Å². The first-order valence-corrected chi connectivity index (χ1v) is 8.77. The average molecular weight is 334 g/mol. The van der Waals surface area contributed by atoms with Gasteiger partial charge in [0.25, 0.3) is 0 Å². The van der Waals surface area contributed by atoms with E-state index < -0.39 is 4.92 Å². The number of anilines is 3. The minimum atomic E-state index is -0.454. The van der Waals surface area contributed by atoms with Crippen molar-refractivity contribution >= 4 is 23.3 Å². The Morgan fingerprint density at radius 2 is 1.50 bits per heavy atom. The van der Waals surface area contributed by atoms with E-state index in [4.69, 9.17) is 5.73 Å². The second kappa shape index (κ2) is 6.78. The number of nitrogens with two attached hydrogens (primary N) is 1. The average Bonchev–Trinajstić information content (AvgIpc) is 2.55. The lowest BCUT2D eigenvalue weighted by Gasteiger charge is -2.33. The van der Waals surface area contributed by atoms with Gasteiger partial charge in [0.2, 0.25) is 17.6 Å². The molecule has 0 atom stereocenters. The van der Waals surface area contributed by atoms with Gasteiger partial charge in [-0.1, -0.05) is 13.8 Å². The van der Waals surface area contributed by atoms with Crippen LogP contribution in [0.1, 0.15) is 39.5 Å². The van der Waals surface area contributed by atoms with Crippen molar-refractivity contribution < 1.29 is 4.92 Å². The predicted molar refractivity (Wildman–Crippen MR) is 94.3 cm³/mol. The van der Waals surface area contributed by atoms with Crippen LogP contribution in [-0.4, -0.2) is 41.1 Å². The lowest BCUT2D eigenvalue weighted by Crippen LogP contribution is -2.37. The van der Waals surface area contributed by atoms with Crippen molar-refractivity contribution in [1.82, 2.24) is 9.97 Å². The van der Waals surface area contributed by atoms with Crippen LogP contribution in [0.5, 0.6) is 0 Å². The molecule has 0 saturated carbocycles. The smallest absolute Gasteiger partial charge is 0.353 e. The van der Waals surface area contributed by atoms with Gasteiger partial charge in [0, 0.05) is 26.2 Å². The van der Waals surface area contributed by atoms with E-state index in [2.05, 4.69) is 28.7 Å². The van der Waals surface area contributed by atoms with Crippen molar-refractivity contribution in [1.29, 1.82) is 0 Å². The Kier molecular flexibility index (Phi) is 4.73. The third kappa shape index (κ3) is 3.37. The lowest BCUT2D eigenvalue weighted by atomic mass is 9.99. The molecule has 0 spiro atoms. The summed E-state index contributed by atoms with van der Waals surface area (Å²) in [5.41, 5.74) is 5.79. The van der Waals surface area contributed by atoms with Gasteiger partial charge < -0.3 is 15.5 Å². The monoisotopic (exact) mass is 334 g/mol. The van der Waals surface area contributed by atoms with Crippen molar-refractivity contribution in [2.45, 2.75) is 39.5 Å². The molecule has 0 amide bonds. The number of hydrogen-bond acceptors (Lipinski definition) is 7. The van der Waals surface area contributed by atoms with Crippen molar-refractivity contribution in [2.75, 3.05) is 41.7 Å². The number of nitrogens with zero attached hydrogens (tertiary/aromatic N) is 5. The van der Waals surface area contributed by atoms with Gasteiger partial charge in [-0.05, 0) is 37.5 Å². The zero-order chi connectivity index (χ0) is 17.3. The van der Waals surface area contributed by atoms with Gasteiger partial charge in [-0.3, -0.25) is 10.1 Å². The maximum Gasteiger partial charge on any atom is 0.353 e. The molecule has 2 N–H and O–H groups in total. The second-order valence-corrected chi connectivity index (χ2v) is 7.18. The summed E-state index contributed by atoms with van der Waals surface area (Å²) in [5, 5.41) is 11.5. The SMILES string of the molecule is CC1CCN(c2nc(N)c([N+](=O)[O-])c(N3CCC(C)CC3)n2)CC1. The number of nitrogen functional groups attached to an aromatic ring is 1. The van der Waals surface area contributed by atoms with Crippen molar-refractivity contribution in [2.24, 2.45) is 11.8 Å². The highest BCUT2D eigenvalue weighted by atomic mass is 16.6. The molecule has 0 radical (unpaired) electrons. The van der Waals surface area contributed by atoms with Crippen LogP contribution in [0.15, 0.2) is 0 Å². The van der Waals surface area contributed by atoms with Gasteiger partial charge in [0.15, 0.2) is 0 Å². The number of rotatable bonds is 3. The molecule has 0 unspecified atom stereocenters. The molecule has 3 rings (SSSR count). The van der Waals surface area contributed by atoms with Crippen LogP contribution < -0.4 is 15.5 Å². The molecule has 0 aliphatic carbocycles. The van der Waals surface area contributed by atoms with E-state index in [1.54, 1.807) is 0 Å². The van der Waals surface area contributed by atoms with E-state index >= 15 is 0 Å². The molecule has 2 saturated heterocycles. The van der Waals surface area contributed by atoms with E-state index in [0.29, 0.717) is 23.6 Å². The van der Waals surface area contributed by atoms with E-state index in [1.165, 1.54) is 0 Å². The summed E-state index contributed by atoms with van der Waals surface area (Å²) in [6, 6.07) is 0. The largest absolute Gasteiger partial charge is 0.378 e. The molecule has 2 fully saturated rings. The standard InChI is InChI=1S/C16H26N6O2/c1-11-3-7-20(8-4-11)15-13(22(23)24)14(17)18-16(19-15)21-9-5-12(2)6-10-21/h11-12H,3-10H2,1-2H3,(H2,17,18,19). The Morgan fingerprint density at radius 1 is 1.00 bits per heavy atom. The molecule has 3 heterocycles. The molecular formula is C16H26N6O2. The number of piperidine rings is 2. The zero-order valence-electron chi connectivity index (χ0n) is 14.4. The summed E-state index contributed by atoms with van der Waals surface area (Å²) in [7, 11) is 0. The molecule has 2 aliphatic heterocycles. The summed E-state index contributed by atoms with van der Waals surface area (Å²) < 4.78 is 0. The molecule has 1 aromatic rings. The van der Waals surface area contributed by atoms with Gasteiger partial charge >= 0.3 is 5.69 Å². The summed E-state index contributed by atoms with van der Waals surface area (Å²) in [5.74, 6) is 2.21. The highest BCUT2D eigenvalue weighted by molar-refractivity contribution is 5.71. The minimum Gasteiger partial charge on any atom is -0.378 e. The third-order valence-electron chi connectivity index (χ3n) is 5.21. The van der Waals surface area contributed by atoms with Crippen molar-refractivity contribution in [3.8, 4) is 0 Å². The number of aromatic nitrogens is 2. The van der Waals surface area contributed by atoms with Crippen molar-refractivity contribution in [3.05, 3.63) is 10.1 Å². The van der Waals surface area contributed by atoms with E-state index in [0.717, 1.165) is 51.9 Å². The van der Waals surface area contributed by atoms with Gasteiger partial charge in [-0.2, -0.15) is 9.97 Å². The summed E-state index contributed by atoms with van der Waals surface area (Å²) in [6.45, 7) is 7.73. The van der Waals surface area contributed by atoms with Crippen LogP contribution in [0.3, 0.4) is 0 Å². The molecule has 0 aromatic carbocycles. The number of hydrogen-bond donors (Lipinski definition) is 1. The normalized spacial score (nSPS) is 20.4. The quantitative estimate of drug-likeness (QED) is 0.669. The molecule has 0 bridgehead atoms. The number of nitro groups is 1. The second-order valence-electron chi connectivity index (χ2n) is 7.18. The molecule has 8 nitrogen and oxygen atoms in total. The lowest BCUT2D eigenvalue weighted by molar-refractivity contribution is -0.383. The third-order valence-corrected chi connectivity index (χ3v) is 5.21. The van der Waals surface area contributed by atoms with E-state index in [9.17, 15) is 10.1 Å². The van der Waals surface area contributed by atoms with E-state index in [1.807, 2.05) is 4.90 Å². The predicted octanol–water partition coefficient (Wildman–Crippen LogP) is 2.44. The van der Waals surface area contributed by atoms with Crippen LogP contribution in [-0.2, 0) is 0 Å². The molecule has 8 heteroatoms. The Balaban J connectivity index is 1.93. The first kappa shape index (κ1) is 16.7. The molecule has 24 heavy (non-hydrogen) atoms. The fraction of sp³-hybridized carbons (Fsp3) is 0.750. The first-order valence-electron chi connectivity index (χ1n) is 8.77. The molecule has 1 aromatic heterocycles. The highest BCUT2D eigenvalue weighted by Gasteiger charge is 2.31. The minimum absolute atomic E-state index is 0.0303. The molecule has 2 aliphatic rings. The molecular weight excluding hydrogens is 308 g/mol. The first-order chi connectivity index (χ1) is 11.5. The Bertz CT molecular complexity index is 607. The fourth-order valence-corrected chi connectivity index (χ4v) is 3.41.